The highest BCUT2D eigenvalue weighted by atomic mass is 79.9. The van der Waals surface area contributed by atoms with Gasteiger partial charge in [-0.1, -0.05) is 6.07 Å². The van der Waals surface area contributed by atoms with Crippen molar-refractivity contribution in [3.8, 4) is 10.7 Å². The molecule has 3 nitrogen and oxygen atoms in total. The molecule has 0 aliphatic rings. The van der Waals surface area contributed by atoms with Gasteiger partial charge in [0.15, 0.2) is 5.82 Å². The van der Waals surface area contributed by atoms with E-state index in [0.717, 1.165) is 26.2 Å². The third kappa shape index (κ3) is 2.12. The van der Waals surface area contributed by atoms with Gasteiger partial charge < -0.3 is 10.3 Å². The van der Waals surface area contributed by atoms with Crippen LogP contribution in [-0.2, 0) is 13.6 Å². The molecule has 0 aliphatic heterocycles. The molecular weight excluding hydrogens is 322 g/mol. The van der Waals surface area contributed by atoms with E-state index in [1.807, 2.05) is 0 Å². The summed E-state index contributed by atoms with van der Waals surface area (Å²) in [5.74, 6) is 1.00. The Balaban J connectivity index is 2.21. The Labute approximate surface area is 124 Å². The van der Waals surface area contributed by atoms with Gasteiger partial charge in [0.25, 0.3) is 0 Å². The molecule has 0 saturated heterocycles. The number of aryl methyl sites for hydroxylation is 2. The SMILES string of the molecule is Cc1cc(-c2nc3cc(CN)ccc3n2C)sc1Br. The molecule has 0 bridgehead atoms. The van der Waals surface area contributed by atoms with E-state index in [1.165, 1.54) is 10.4 Å². The quantitative estimate of drug-likeness (QED) is 0.773. The Bertz CT molecular complexity index is 738. The normalized spacial score (nSPS) is 11.4. The van der Waals surface area contributed by atoms with E-state index in [-0.39, 0.29) is 0 Å². The first-order valence-electron chi connectivity index (χ1n) is 6.02. The van der Waals surface area contributed by atoms with Crippen LogP contribution in [0.25, 0.3) is 21.7 Å². The molecule has 5 heteroatoms. The summed E-state index contributed by atoms with van der Waals surface area (Å²) in [7, 11) is 2.05. The number of hydrogen-bond acceptors (Lipinski definition) is 3. The van der Waals surface area contributed by atoms with Gasteiger partial charge in [-0.15, -0.1) is 11.3 Å². The minimum atomic E-state index is 0.547. The molecule has 0 spiro atoms. The van der Waals surface area contributed by atoms with Crippen molar-refractivity contribution in [3.05, 3.63) is 39.2 Å². The van der Waals surface area contributed by atoms with E-state index in [1.54, 1.807) is 11.3 Å². The Hall–Kier alpha value is -1.17. The van der Waals surface area contributed by atoms with Crippen LogP contribution in [0.4, 0.5) is 0 Å². The summed E-state index contributed by atoms with van der Waals surface area (Å²) in [6, 6.07) is 8.38. The maximum Gasteiger partial charge on any atom is 0.151 e. The number of benzene rings is 1. The van der Waals surface area contributed by atoms with Crippen LogP contribution in [0, 0.1) is 6.92 Å². The van der Waals surface area contributed by atoms with Crippen molar-refractivity contribution in [2.75, 3.05) is 0 Å². The van der Waals surface area contributed by atoms with E-state index in [4.69, 9.17) is 10.7 Å². The van der Waals surface area contributed by atoms with Crippen LogP contribution >= 0.6 is 27.3 Å². The van der Waals surface area contributed by atoms with Gasteiger partial charge >= 0.3 is 0 Å². The molecule has 1 aromatic carbocycles. The summed E-state index contributed by atoms with van der Waals surface area (Å²) in [6.07, 6.45) is 0. The molecule has 3 aromatic rings. The van der Waals surface area contributed by atoms with Crippen molar-refractivity contribution in [2.45, 2.75) is 13.5 Å². The predicted molar refractivity (Wildman–Crippen MR) is 84.4 cm³/mol. The van der Waals surface area contributed by atoms with Crippen molar-refractivity contribution in [1.82, 2.24) is 9.55 Å². The van der Waals surface area contributed by atoms with Gasteiger partial charge in [0.05, 0.1) is 19.7 Å². The number of fused-ring (bicyclic) bond motifs is 1. The molecule has 19 heavy (non-hydrogen) atoms. The zero-order valence-corrected chi connectivity index (χ0v) is 13.2. The molecule has 98 valence electrons. The first-order valence-corrected chi connectivity index (χ1v) is 7.63. The van der Waals surface area contributed by atoms with Crippen LogP contribution in [0.1, 0.15) is 11.1 Å². The van der Waals surface area contributed by atoms with Gasteiger partial charge in [-0.25, -0.2) is 4.98 Å². The summed E-state index contributed by atoms with van der Waals surface area (Å²) < 4.78 is 3.30. The molecule has 2 aromatic heterocycles. The van der Waals surface area contributed by atoms with Gasteiger partial charge in [-0.3, -0.25) is 0 Å². The zero-order valence-electron chi connectivity index (χ0n) is 10.8. The number of imidazole rings is 1. The van der Waals surface area contributed by atoms with Crippen molar-refractivity contribution < 1.29 is 0 Å². The van der Waals surface area contributed by atoms with Crippen LogP contribution in [0.2, 0.25) is 0 Å². The van der Waals surface area contributed by atoms with Crippen LogP contribution in [0.15, 0.2) is 28.1 Å². The lowest BCUT2D eigenvalue weighted by Gasteiger charge is -1.99. The summed E-state index contributed by atoms with van der Waals surface area (Å²) in [6.45, 7) is 2.64. The number of nitrogens with two attached hydrogens (primary N) is 1. The number of hydrogen-bond donors (Lipinski definition) is 1. The zero-order chi connectivity index (χ0) is 13.6. The number of halogens is 1. The summed E-state index contributed by atoms with van der Waals surface area (Å²) >= 11 is 5.28. The minimum Gasteiger partial charge on any atom is -0.326 e. The highest BCUT2D eigenvalue weighted by Crippen LogP contribution is 2.35. The molecular formula is C14H14BrN3S. The van der Waals surface area contributed by atoms with E-state index in [2.05, 4.69) is 58.7 Å². The third-order valence-corrected chi connectivity index (χ3v) is 5.39. The summed E-state index contributed by atoms with van der Waals surface area (Å²) in [4.78, 5) is 5.92. The van der Waals surface area contributed by atoms with Gasteiger partial charge in [0.2, 0.25) is 0 Å². The summed E-state index contributed by atoms with van der Waals surface area (Å²) in [5, 5.41) is 0. The van der Waals surface area contributed by atoms with Crippen molar-refractivity contribution in [2.24, 2.45) is 12.8 Å². The van der Waals surface area contributed by atoms with Gasteiger partial charge in [0, 0.05) is 13.6 Å². The van der Waals surface area contributed by atoms with Crippen LogP contribution in [0.5, 0.6) is 0 Å². The fourth-order valence-corrected chi connectivity index (χ4v) is 3.72. The molecule has 0 aliphatic carbocycles. The molecule has 0 saturated carbocycles. The molecule has 0 unspecified atom stereocenters. The van der Waals surface area contributed by atoms with E-state index in [0.29, 0.717) is 6.54 Å². The average molecular weight is 336 g/mol. The first-order chi connectivity index (χ1) is 9.10. The fraction of sp³-hybridized carbons (Fsp3) is 0.214. The summed E-state index contributed by atoms with van der Waals surface area (Å²) in [5.41, 5.74) is 10.2. The van der Waals surface area contributed by atoms with Crippen molar-refractivity contribution in [3.63, 3.8) is 0 Å². The lowest BCUT2D eigenvalue weighted by Crippen LogP contribution is -1.95. The van der Waals surface area contributed by atoms with E-state index < -0.39 is 0 Å². The predicted octanol–water partition coefficient (Wildman–Crippen LogP) is 3.83. The van der Waals surface area contributed by atoms with Crippen molar-refractivity contribution >= 4 is 38.3 Å². The molecule has 0 atom stereocenters. The average Bonchev–Trinajstić information content (AvgIpc) is 2.90. The maximum atomic E-state index is 5.68. The van der Waals surface area contributed by atoms with Crippen LogP contribution in [-0.4, -0.2) is 9.55 Å². The minimum absolute atomic E-state index is 0.547. The van der Waals surface area contributed by atoms with Crippen molar-refractivity contribution in [1.29, 1.82) is 0 Å². The third-order valence-electron chi connectivity index (χ3n) is 3.26. The molecule has 0 amide bonds. The van der Waals surface area contributed by atoms with Gasteiger partial charge in [-0.05, 0) is 52.2 Å². The van der Waals surface area contributed by atoms with Crippen LogP contribution in [0.3, 0.4) is 0 Å². The molecule has 0 radical (unpaired) electrons. The molecule has 2 N–H and O–H groups in total. The maximum absolute atomic E-state index is 5.68. The molecule has 2 heterocycles. The van der Waals surface area contributed by atoms with E-state index >= 15 is 0 Å². The lowest BCUT2D eigenvalue weighted by molar-refractivity contribution is 0.962. The monoisotopic (exact) mass is 335 g/mol. The second kappa shape index (κ2) is 4.74. The largest absolute Gasteiger partial charge is 0.326 e. The molecule has 0 fully saturated rings. The number of thiophene rings is 1. The van der Waals surface area contributed by atoms with Gasteiger partial charge in [0.1, 0.15) is 0 Å². The lowest BCUT2D eigenvalue weighted by atomic mass is 10.2. The Kier molecular flexibility index (Phi) is 3.20. The highest BCUT2D eigenvalue weighted by Gasteiger charge is 2.13. The standard InChI is InChI=1S/C14H14BrN3S/c1-8-5-12(19-13(8)15)14-17-10-6-9(7-16)3-4-11(10)18(14)2/h3-6H,7,16H2,1-2H3. The van der Waals surface area contributed by atoms with Crippen LogP contribution < -0.4 is 5.73 Å². The highest BCUT2D eigenvalue weighted by molar-refractivity contribution is 9.11. The smallest absolute Gasteiger partial charge is 0.151 e. The van der Waals surface area contributed by atoms with Gasteiger partial charge in [-0.2, -0.15) is 0 Å². The molecule has 3 rings (SSSR count). The number of aromatic nitrogens is 2. The second-order valence-electron chi connectivity index (χ2n) is 4.59. The fourth-order valence-electron chi connectivity index (χ4n) is 2.16. The Morgan fingerprint density at radius 3 is 2.79 bits per heavy atom. The topological polar surface area (TPSA) is 43.8 Å². The van der Waals surface area contributed by atoms with E-state index in [9.17, 15) is 0 Å². The Morgan fingerprint density at radius 1 is 1.37 bits per heavy atom. The first kappa shape index (κ1) is 12.8. The Morgan fingerprint density at radius 2 is 2.16 bits per heavy atom. The number of nitrogens with zero attached hydrogens (tertiary/aromatic N) is 2. The second-order valence-corrected chi connectivity index (χ2v) is 6.96. The number of rotatable bonds is 2.